The van der Waals surface area contributed by atoms with Crippen LogP contribution in [0, 0.1) is 5.41 Å². The fourth-order valence-electron chi connectivity index (χ4n) is 2.47. The molecule has 1 aliphatic heterocycles. The van der Waals surface area contributed by atoms with Gasteiger partial charge < -0.3 is 10.1 Å². The first-order chi connectivity index (χ1) is 9.41. The molecule has 5 heteroatoms. The van der Waals surface area contributed by atoms with E-state index in [0.29, 0.717) is 22.0 Å². The van der Waals surface area contributed by atoms with Crippen LogP contribution in [0.25, 0.3) is 0 Å². The standard InChI is InChI=1S/C15H20ClNO2S/c1-15(2)7-11(8-20-9-15)17-10-4-5-13(16)12(6-10)14(18)19-3/h4-6,11,17H,7-9H2,1-3H3. The topological polar surface area (TPSA) is 38.3 Å². The minimum absolute atomic E-state index is 0.345. The largest absolute Gasteiger partial charge is 0.465 e. The van der Waals surface area contributed by atoms with Gasteiger partial charge in [0.15, 0.2) is 0 Å². The lowest BCUT2D eigenvalue weighted by molar-refractivity contribution is 0.0601. The number of hydrogen-bond acceptors (Lipinski definition) is 4. The lowest BCUT2D eigenvalue weighted by Gasteiger charge is -2.35. The Balaban J connectivity index is 2.12. The molecule has 1 unspecified atom stereocenters. The molecular formula is C15H20ClNO2S. The summed E-state index contributed by atoms with van der Waals surface area (Å²) in [5, 5.41) is 3.91. The van der Waals surface area contributed by atoms with Crippen LogP contribution in [0.2, 0.25) is 5.02 Å². The molecule has 1 fully saturated rings. The van der Waals surface area contributed by atoms with Crippen LogP contribution in [0.4, 0.5) is 5.69 Å². The zero-order valence-corrected chi connectivity index (χ0v) is 13.6. The number of methoxy groups -OCH3 is 1. The quantitative estimate of drug-likeness (QED) is 0.854. The molecule has 110 valence electrons. The molecule has 1 N–H and O–H groups in total. The van der Waals surface area contributed by atoms with E-state index < -0.39 is 5.97 Å². The van der Waals surface area contributed by atoms with E-state index in [-0.39, 0.29) is 0 Å². The van der Waals surface area contributed by atoms with Crippen LogP contribution in [0.5, 0.6) is 0 Å². The number of nitrogens with one attached hydrogen (secondary N) is 1. The van der Waals surface area contributed by atoms with Crippen molar-refractivity contribution in [3.05, 3.63) is 28.8 Å². The van der Waals surface area contributed by atoms with Gasteiger partial charge in [-0.3, -0.25) is 0 Å². The zero-order valence-electron chi connectivity index (χ0n) is 12.0. The maximum Gasteiger partial charge on any atom is 0.339 e. The van der Waals surface area contributed by atoms with E-state index in [0.717, 1.165) is 17.9 Å². The number of carbonyl (C=O) groups excluding carboxylic acids is 1. The zero-order chi connectivity index (χ0) is 14.8. The van der Waals surface area contributed by atoms with Crippen molar-refractivity contribution in [1.82, 2.24) is 0 Å². The molecule has 2 rings (SSSR count). The summed E-state index contributed by atoms with van der Waals surface area (Å²) in [6, 6.07) is 5.81. The second-order valence-electron chi connectivity index (χ2n) is 5.91. The molecule has 0 bridgehead atoms. The van der Waals surface area contributed by atoms with Crippen molar-refractivity contribution in [2.45, 2.75) is 26.3 Å². The van der Waals surface area contributed by atoms with Crippen molar-refractivity contribution < 1.29 is 9.53 Å². The van der Waals surface area contributed by atoms with E-state index in [1.165, 1.54) is 12.9 Å². The molecule has 1 aromatic rings. The van der Waals surface area contributed by atoms with Crippen LogP contribution in [-0.2, 0) is 4.74 Å². The predicted molar refractivity (Wildman–Crippen MR) is 85.9 cm³/mol. The third kappa shape index (κ3) is 3.83. The molecule has 0 aliphatic carbocycles. The summed E-state index contributed by atoms with van der Waals surface area (Å²) >= 11 is 7.99. The maximum absolute atomic E-state index is 11.6. The number of hydrogen-bond donors (Lipinski definition) is 1. The molecule has 20 heavy (non-hydrogen) atoms. The van der Waals surface area contributed by atoms with Crippen molar-refractivity contribution in [1.29, 1.82) is 0 Å². The Labute approximate surface area is 129 Å². The van der Waals surface area contributed by atoms with E-state index in [9.17, 15) is 4.79 Å². The predicted octanol–water partition coefficient (Wildman–Crippen LogP) is 4.07. The maximum atomic E-state index is 11.6. The third-order valence-electron chi connectivity index (χ3n) is 3.35. The van der Waals surface area contributed by atoms with E-state index in [4.69, 9.17) is 16.3 Å². The van der Waals surface area contributed by atoms with E-state index in [1.54, 1.807) is 12.1 Å². The van der Waals surface area contributed by atoms with Gasteiger partial charge in [-0.15, -0.1) is 0 Å². The van der Waals surface area contributed by atoms with Crippen LogP contribution >= 0.6 is 23.4 Å². The number of thioether (sulfide) groups is 1. The molecule has 3 nitrogen and oxygen atoms in total. The third-order valence-corrected chi connectivity index (χ3v) is 5.31. The highest BCUT2D eigenvalue weighted by atomic mass is 35.5. The van der Waals surface area contributed by atoms with E-state index in [1.807, 2.05) is 17.8 Å². The summed E-state index contributed by atoms with van der Waals surface area (Å²) in [7, 11) is 1.36. The van der Waals surface area contributed by atoms with Crippen molar-refractivity contribution in [2.75, 3.05) is 23.9 Å². The summed E-state index contributed by atoms with van der Waals surface area (Å²) in [6.45, 7) is 4.57. The van der Waals surface area contributed by atoms with Gasteiger partial charge in [0.25, 0.3) is 0 Å². The van der Waals surface area contributed by atoms with Crippen LogP contribution in [-0.4, -0.2) is 30.6 Å². The summed E-state index contributed by atoms with van der Waals surface area (Å²) in [5.74, 6) is 1.87. The van der Waals surface area contributed by atoms with Crippen molar-refractivity contribution in [3.63, 3.8) is 0 Å². The van der Waals surface area contributed by atoms with Crippen molar-refractivity contribution >= 4 is 35.0 Å². The lowest BCUT2D eigenvalue weighted by atomic mass is 9.88. The average Bonchev–Trinajstić information content (AvgIpc) is 2.39. The Morgan fingerprint density at radius 1 is 1.50 bits per heavy atom. The van der Waals surface area contributed by atoms with E-state index in [2.05, 4.69) is 19.2 Å². The number of carbonyl (C=O) groups is 1. The molecule has 1 saturated heterocycles. The number of halogens is 1. The molecule has 0 amide bonds. The molecule has 1 aliphatic rings. The minimum Gasteiger partial charge on any atom is -0.465 e. The molecule has 0 spiro atoms. The SMILES string of the molecule is COC(=O)c1cc(NC2CSCC(C)(C)C2)ccc1Cl. The van der Waals surface area contributed by atoms with Gasteiger partial charge in [0.1, 0.15) is 0 Å². The van der Waals surface area contributed by atoms with Gasteiger partial charge in [-0.1, -0.05) is 25.4 Å². The first-order valence-electron chi connectivity index (χ1n) is 6.63. The first-order valence-corrected chi connectivity index (χ1v) is 8.17. The molecule has 0 radical (unpaired) electrons. The smallest absolute Gasteiger partial charge is 0.339 e. The number of esters is 1. The molecule has 0 saturated carbocycles. The molecule has 0 aromatic heterocycles. The Hall–Kier alpha value is -0.870. The summed E-state index contributed by atoms with van der Waals surface area (Å²) < 4.78 is 4.74. The van der Waals surface area contributed by atoms with Gasteiger partial charge in [-0.25, -0.2) is 4.79 Å². The van der Waals surface area contributed by atoms with Gasteiger partial charge in [0.2, 0.25) is 0 Å². The van der Waals surface area contributed by atoms with Crippen LogP contribution in [0.3, 0.4) is 0 Å². The first kappa shape index (κ1) is 15.5. The van der Waals surface area contributed by atoms with Gasteiger partial charge in [-0.2, -0.15) is 11.8 Å². The highest BCUT2D eigenvalue weighted by molar-refractivity contribution is 7.99. The Morgan fingerprint density at radius 2 is 2.25 bits per heavy atom. The fraction of sp³-hybridized carbons (Fsp3) is 0.533. The molecule has 1 heterocycles. The number of ether oxygens (including phenoxy) is 1. The van der Waals surface area contributed by atoms with Crippen LogP contribution in [0.15, 0.2) is 18.2 Å². The van der Waals surface area contributed by atoms with E-state index >= 15 is 0 Å². The second-order valence-corrected chi connectivity index (χ2v) is 7.35. The van der Waals surface area contributed by atoms with Crippen LogP contribution in [0.1, 0.15) is 30.6 Å². The number of benzene rings is 1. The normalized spacial score (nSPS) is 21.3. The molecule has 1 atom stereocenters. The molecular weight excluding hydrogens is 294 g/mol. The van der Waals surface area contributed by atoms with Gasteiger partial charge in [0, 0.05) is 17.5 Å². The minimum atomic E-state index is -0.406. The lowest BCUT2D eigenvalue weighted by Crippen LogP contribution is -2.35. The Morgan fingerprint density at radius 3 is 2.90 bits per heavy atom. The average molecular weight is 314 g/mol. The highest BCUT2D eigenvalue weighted by Crippen LogP contribution is 2.35. The van der Waals surface area contributed by atoms with Gasteiger partial charge in [-0.05, 0) is 35.8 Å². The summed E-state index contributed by atoms with van der Waals surface area (Å²) in [5.41, 5.74) is 1.66. The number of anilines is 1. The Kier molecular flexibility index (Phi) is 4.86. The van der Waals surface area contributed by atoms with Crippen molar-refractivity contribution in [2.24, 2.45) is 5.41 Å². The summed E-state index contributed by atoms with van der Waals surface area (Å²) in [4.78, 5) is 11.6. The fourth-order valence-corrected chi connectivity index (χ4v) is 3.94. The van der Waals surface area contributed by atoms with Crippen LogP contribution < -0.4 is 5.32 Å². The highest BCUT2D eigenvalue weighted by Gasteiger charge is 2.28. The summed E-state index contributed by atoms with van der Waals surface area (Å²) in [6.07, 6.45) is 1.12. The monoisotopic (exact) mass is 313 g/mol. The Bertz CT molecular complexity index is 505. The molecule has 1 aromatic carbocycles. The van der Waals surface area contributed by atoms with Gasteiger partial charge >= 0.3 is 5.97 Å². The van der Waals surface area contributed by atoms with Crippen molar-refractivity contribution in [3.8, 4) is 0 Å². The van der Waals surface area contributed by atoms with Gasteiger partial charge in [0.05, 0.1) is 17.7 Å². The second kappa shape index (κ2) is 6.27. The number of rotatable bonds is 3.